The van der Waals surface area contributed by atoms with Crippen LogP contribution < -0.4 is 4.74 Å². The SMILES string of the molecule is O=C(O)C(F)Oc1ccc(Br)cc1Cl. The summed E-state index contributed by atoms with van der Waals surface area (Å²) in [5.41, 5.74) is 0. The highest BCUT2D eigenvalue weighted by Gasteiger charge is 2.18. The van der Waals surface area contributed by atoms with E-state index in [-0.39, 0.29) is 10.8 Å². The van der Waals surface area contributed by atoms with E-state index in [0.29, 0.717) is 4.47 Å². The summed E-state index contributed by atoms with van der Waals surface area (Å²) in [6, 6.07) is 4.42. The van der Waals surface area contributed by atoms with Gasteiger partial charge in [-0.05, 0) is 18.2 Å². The van der Waals surface area contributed by atoms with Crippen molar-refractivity contribution in [3.8, 4) is 5.75 Å². The molecule has 0 aliphatic heterocycles. The van der Waals surface area contributed by atoms with Crippen LogP contribution in [0.2, 0.25) is 5.02 Å². The summed E-state index contributed by atoms with van der Waals surface area (Å²) in [7, 11) is 0. The van der Waals surface area contributed by atoms with Gasteiger partial charge in [0, 0.05) is 4.47 Å². The van der Waals surface area contributed by atoms with Crippen molar-refractivity contribution in [2.24, 2.45) is 0 Å². The number of rotatable bonds is 3. The molecule has 0 radical (unpaired) electrons. The van der Waals surface area contributed by atoms with Gasteiger partial charge in [0.15, 0.2) is 0 Å². The van der Waals surface area contributed by atoms with E-state index in [4.69, 9.17) is 16.7 Å². The topological polar surface area (TPSA) is 46.5 Å². The van der Waals surface area contributed by atoms with Gasteiger partial charge in [-0.1, -0.05) is 27.5 Å². The molecule has 76 valence electrons. The molecule has 0 saturated heterocycles. The van der Waals surface area contributed by atoms with Gasteiger partial charge in [-0.2, -0.15) is 4.39 Å². The lowest BCUT2D eigenvalue weighted by molar-refractivity contribution is -0.153. The molecule has 0 aliphatic rings. The molecule has 1 aromatic rings. The summed E-state index contributed by atoms with van der Waals surface area (Å²) in [6.45, 7) is 0. The van der Waals surface area contributed by atoms with Crippen LogP contribution >= 0.6 is 27.5 Å². The fourth-order valence-electron chi connectivity index (χ4n) is 0.733. The third kappa shape index (κ3) is 2.85. The molecule has 1 N–H and O–H groups in total. The van der Waals surface area contributed by atoms with Gasteiger partial charge in [0.25, 0.3) is 0 Å². The minimum Gasteiger partial charge on any atom is -0.476 e. The third-order valence-corrected chi connectivity index (χ3v) is 2.11. The first-order valence-corrected chi connectivity index (χ1v) is 4.66. The number of benzene rings is 1. The average Bonchev–Trinajstić information content (AvgIpc) is 2.09. The van der Waals surface area contributed by atoms with Gasteiger partial charge in [0.2, 0.25) is 0 Å². The van der Waals surface area contributed by atoms with Gasteiger partial charge in [-0.25, -0.2) is 4.79 Å². The van der Waals surface area contributed by atoms with E-state index in [1.807, 2.05) is 0 Å². The molecule has 1 atom stereocenters. The molecule has 0 bridgehead atoms. The van der Waals surface area contributed by atoms with Crippen LogP contribution in [0.1, 0.15) is 0 Å². The number of carboxylic acids is 1. The highest BCUT2D eigenvalue weighted by Crippen LogP contribution is 2.28. The molecule has 1 unspecified atom stereocenters. The van der Waals surface area contributed by atoms with E-state index >= 15 is 0 Å². The van der Waals surface area contributed by atoms with Crippen molar-refractivity contribution in [1.29, 1.82) is 0 Å². The lowest BCUT2D eigenvalue weighted by atomic mass is 10.3. The number of alkyl halides is 1. The number of hydrogen-bond donors (Lipinski definition) is 1. The largest absolute Gasteiger partial charge is 0.476 e. The van der Waals surface area contributed by atoms with Gasteiger partial charge in [0.05, 0.1) is 5.02 Å². The fraction of sp³-hybridized carbons (Fsp3) is 0.125. The van der Waals surface area contributed by atoms with E-state index in [2.05, 4.69) is 20.7 Å². The summed E-state index contributed by atoms with van der Waals surface area (Å²) in [4.78, 5) is 10.1. The van der Waals surface area contributed by atoms with Crippen molar-refractivity contribution in [2.75, 3.05) is 0 Å². The molecule has 1 aromatic carbocycles. The third-order valence-electron chi connectivity index (χ3n) is 1.32. The van der Waals surface area contributed by atoms with E-state index < -0.39 is 12.3 Å². The smallest absolute Gasteiger partial charge is 0.378 e. The number of hydrogen-bond acceptors (Lipinski definition) is 2. The van der Waals surface area contributed by atoms with Crippen LogP contribution in [0.5, 0.6) is 5.75 Å². The van der Waals surface area contributed by atoms with Gasteiger partial charge in [0.1, 0.15) is 5.75 Å². The second-order valence-corrected chi connectivity index (χ2v) is 3.67. The second-order valence-electron chi connectivity index (χ2n) is 2.35. The zero-order valence-corrected chi connectivity index (χ0v) is 9.05. The Kier molecular flexibility index (Phi) is 3.71. The minimum atomic E-state index is -2.41. The van der Waals surface area contributed by atoms with Gasteiger partial charge in [-0.3, -0.25) is 0 Å². The molecule has 14 heavy (non-hydrogen) atoms. The molecule has 0 spiro atoms. The zero-order chi connectivity index (χ0) is 10.7. The van der Waals surface area contributed by atoms with Crippen molar-refractivity contribution in [3.05, 3.63) is 27.7 Å². The van der Waals surface area contributed by atoms with E-state index in [1.54, 1.807) is 6.07 Å². The quantitative estimate of drug-likeness (QED) is 0.928. The Hall–Kier alpha value is -0.810. The molecule has 0 aliphatic carbocycles. The molecule has 0 fully saturated rings. The summed E-state index contributed by atoms with van der Waals surface area (Å²) >= 11 is 8.81. The van der Waals surface area contributed by atoms with E-state index in [1.165, 1.54) is 12.1 Å². The predicted molar refractivity (Wildman–Crippen MR) is 52.3 cm³/mol. The first-order chi connectivity index (χ1) is 6.50. The van der Waals surface area contributed by atoms with Crippen molar-refractivity contribution in [2.45, 2.75) is 6.36 Å². The van der Waals surface area contributed by atoms with Gasteiger partial charge in [-0.15, -0.1) is 0 Å². The fourth-order valence-corrected chi connectivity index (χ4v) is 1.45. The zero-order valence-electron chi connectivity index (χ0n) is 6.71. The lowest BCUT2D eigenvalue weighted by Crippen LogP contribution is -2.21. The summed E-state index contributed by atoms with van der Waals surface area (Å²) in [6.07, 6.45) is -2.41. The lowest BCUT2D eigenvalue weighted by Gasteiger charge is -2.08. The predicted octanol–water partition coefficient (Wildman–Crippen LogP) is 2.86. The molecule has 3 nitrogen and oxygen atoms in total. The first kappa shape index (κ1) is 11.3. The maximum Gasteiger partial charge on any atom is 0.378 e. The Balaban J connectivity index is 2.82. The Morgan fingerprint density at radius 2 is 2.29 bits per heavy atom. The summed E-state index contributed by atoms with van der Waals surface area (Å²) < 4.78 is 17.7. The van der Waals surface area contributed by atoms with Crippen LogP contribution in [0, 0.1) is 0 Å². The van der Waals surface area contributed by atoms with Crippen molar-refractivity contribution in [3.63, 3.8) is 0 Å². The maximum atomic E-state index is 12.6. The number of halogens is 3. The molecular formula is C8H5BrClFO3. The molecular weight excluding hydrogens is 278 g/mol. The Morgan fingerprint density at radius 3 is 2.79 bits per heavy atom. The van der Waals surface area contributed by atoms with E-state index in [9.17, 15) is 9.18 Å². The van der Waals surface area contributed by atoms with Crippen molar-refractivity contribution >= 4 is 33.5 Å². The number of carbonyl (C=O) groups is 1. The molecule has 0 amide bonds. The average molecular weight is 283 g/mol. The van der Waals surface area contributed by atoms with Crippen LogP contribution in [-0.4, -0.2) is 17.4 Å². The molecule has 0 heterocycles. The maximum absolute atomic E-state index is 12.6. The number of aliphatic carboxylic acids is 1. The second kappa shape index (κ2) is 4.61. The van der Waals surface area contributed by atoms with Crippen LogP contribution in [0.25, 0.3) is 0 Å². The van der Waals surface area contributed by atoms with Crippen LogP contribution in [0.4, 0.5) is 4.39 Å². The Bertz CT molecular complexity index is 358. The Labute approximate surface area is 92.6 Å². The molecule has 0 aromatic heterocycles. The van der Waals surface area contributed by atoms with Crippen molar-refractivity contribution < 1.29 is 19.0 Å². The molecule has 6 heteroatoms. The normalized spacial score (nSPS) is 12.2. The number of ether oxygens (including phenoxy) is 1. The highest BCUT2D eigenvalue weighted by atomic mass is 79.9. The van der Waals surface area contributed by atoms with Crippen LogP contribution in [0.3, 0.4) is 0 Å². The highest BCUT2D eigenvalue weighted by molar-refractivity contribution is 9.10. The van der Waals surface area contributed by atoms with Gasteiger partial charge >= 0.3 is 12.3 Å². The summed E-state index contributed by atoms with van der Waals surface area (Å²) in [5, 5.41) is 8.38. The molecule has 1 rings (SSSR count). The standard InChI is InChI=1S/C8H5BrClFO3/c9-4-1-2-6(5(10)3-4)14-7(11)8(12)13/h1-3,7H,(H,12,13). The van der Waals surface area contributed by atoms with Crippen molar-refractivity contribution in [1.82, 2.24) is 0 Å². The summed E-state index contributed by atoms with van der Waals surface area (Å²) in [5.74, 6) is -1.70. The van der Waals surface area contributed by atoms with E-state index in [0.717, 1.165) is 0 Å². The molecule has 0 saturated carbocycles. The van der Waals surface area contributed by atoms with Gasteiger partial charge < -0.3 is 9.84 Å². The van der Waals surface area contributed by atoms with Crippen LogP contribution in [0.15, 0.2) is 22.7 Å². The first-order valence-electron chi connectivity index (χ1n) is 3.49. The van der Waals surface area contributed by atoms with Crippen LogP contribution in [-0.2, 0) is 4.79 Å². The number of carboxylic acid groups (broad SMARTS) is 1. The minimum absolute atomic E-state index is 0.00948. The monoisotopic (exact) mass is 282 g/mol. The Morgan fingerprint density at radius 1 is 1.64 bits per heavy atom.